The molecule has 0 aliphatic carbocycles. The Morgan fingerprint density at radius 1 is 1.38 bits per heavy atom. The van der Waals surface area contributed by atoms with E-state index in [2.05, 4.69) is 0 Å². The van der Waals surface area contributed by atoms with E-state index in [0.29, 0.717) is 23.5 Å². The molecule has 1 atom stereocenters. The molecule has 1 unspecified atom stereocenters. The summed E-state index contributed by atoms with van der Waals surface area (Å²) in [6.07, 6.45) is 0. The number of hydrogen-bond acceptors (Lipinski definition) is 7. The molecule has 1 aromatic carbocycles. The first-order valence-electron chi connectivity index (χ1n) is 8.30. The van der Waals surface area contributed by atoms with E-state index in [1.165, 1.54) is 0 Å². The zero-order chi connectivity index (χ0) is 19.3. The van der Waals surface area contributed by atoms with E-state index >= 15 is 0 Å². The number of allylic oxidation sites excluding steroid dienone is 2. The summed E-state index contributed by atoms with van der Waals surface area (Å²) in [6.45, 7) is 5.53. The minimum atomic E-state index is -0.742. The third-order valence-electron chi connectivity index (χ3n) is 3.99. The van der Waals surface area contributed by atoms with Crippen molar-refractivity contribution in [1.82, 2.24) is 0 Å². The van der Waals surface area contributed by atoms with Crippen LogP contribution in [0.5, 0.6) is 5.75 Å². The van der Waals surface area contributed by atoms with Gasteiger partial charge in [-0.25, -0.2) is 4.79 Å². The maximum absolute atomic E-state index is 12.5. The number of nitrogens with two attached hydrogens (primary N) is 1. The van der Waals surface area contributed by atoms with Gasteiger partial charge in [-0.1, -0.05) is 6.07 Å². The number of benzene rings is 1. The van der Waals surface area contributed by atoms with E-state index in [-0.39, 0.29) is 36.0 Å². The van der Waals surface area contributed by atoms with Crippen molar-refractivity contribution in [3.05, 3.63) is 52.1 Å². The Morgan fingerprint density at radius 2 is 2.12 bits per heavy atom. The highest BCUT2D eigenvalue weighted by atomic mass is 16.5. The Labute approximate surface area is 152 Å². The minimum absolute atomic E-state index is 0.0533. The quantitative estimate of drug-likeness (QED) is 0.749. The Bertz CT molecular complexity index is 805. The summed E-state index contributed by atoms with van der Waals surface area (Å²) in [4.78, 5) is 12.5. The molecule has 0 radical (unpaired) electrons. The molecule has 3 N–H and O–H groups in total. The lowest BCUT2D eigenvalue weighted by Gasteiger charge is -2.27. The molecule has 0 spiro atoms. The van der Waals surface area contributed by atoms with Crippen LogP contribution in [0.4, 0.5) is 0 Å². The summed E-state index contributed by atoms with van der Waals surface area (Å²) in [5, 5.41) is 19.2. The molecule has 0 saturated heterocycles. The molecule has 7 heteroatoms. The van der Waals surface area contributed by atoms with E-state index in [1.807, 2.05) is 13.0 Å². The maximum Gasteiger partial charge on any atom is 0.338 e. The van der Waals surface area contributed by atoms with Crippen LogP contribution in [0.3, 0.4) is 0 Å². The number of aliphatic hydroxyl groups is 1. The van der Waals surface area contributed by atoms with Crippen molar-refractivity contribution in [2.24, 2.45) is 5.73 Å². The highest BCUT2D eigenvalue weighted by Crippen LogP contribution is 2.40. The molecule has 2 rings (SSSR count). The molecule has 26 heavy (non-hydrogen) atoms. The lowest BCUT2D eigenvalue weighted by atomic mass is 9.82. The highest BCUT2D eigenvalue weighted by molar-refractivity contribution is 5.92. The Morgan fingerprint density at radius 3 is 2.69 bits per heavy atom. The van der Waals surface area contributed by atoms with Gasteiger partial charge in [0, 0.05) is 5.56 Å². The van der Waals surface area contributed by atoms with Gasteiger partial charge >= 0.3 is 5.97 Å². The molecule has 0 bridgehead atoms. The Hall–Kier alpha value is -2.98. The number of esters is 1. The van der Waals surface area contributed by atoms with Crippen LogP contribution in [0.2, 0.25) is 0 Å². The topological polar surface area (TPSA) is 115 Å². The van der Waals surface area contributed by atoms with Crippen molar-refractivity contribution in [2.45, 2.75) is 33.3 Å². The molecular weight excluding hydrogens is 336 g/mol. The first-order chi connectivity index (χ1) is 12.5. The van der Waals surface area contributed by atoms with Crippen molar-refractivity contribution < 1.29 is 24.1 Å². The molecular formula is C19H22N2O5. The second-order valence-corrected chi connectivity index (χ2v) is 5.57. The normalized spacial score (nSPS) is 16.8. The standard InChI is InChI=1S/C19H22N2O5/c1-4-24-15-7-6-12(8-13(15)10-22)17-14(9-20)18(21)26-11(3)16(17)19(23)25-5-2/h6-8,17,22H,4-5,10,21H2,1-3H3. The summed E-state index contributed by atoms with van der Waals surface area (Å²) >= 11 is 0. The van der Waals surface area contributed by atoms with Gasteiger partial charge in [-0.15, -0.1) is 0 Å². The van der Waals surface area contributed by atoms with E-state index in [1.54, 1.807) is 32.0 Å². The first kappa shape index (κ1) is 19.3. The number of carbonyl (C=O) groups is 1. The number of ether oxygens (including phenoxy) is 3. The fourth-order valence-electron chi connectivity index (χ4n) is 2.89. The Kier molecular flexibility index (Phi) is 6.26. The van der Waals surface area contributed by atoms with Crippen LogP contribution in [0.15, 0.2) is 41.0 Å². The number of nitrogens with zero attached hydrogens (tertiary/aromatic N) is 1. The summed E-state index contributed by atoms with van der Waals surface area (Å²) in [7, 11) is 0. The van der Waals surface area contributed by atoms with Crippen LogP contribution >= 0.6 is 0 Å². The van der Waals surface area contributed by atoms with Crippen molar-refractivity contribution in [3.63, 3.8) is 0 Å². The van der Waals surface area contributed by atoms with E-state index in [0.717, 1.165) is 0 Å². The second-order valence-electron chi connectivity index (χ2n) is 5.57. The summed E-state index contributed by atoms with van der Waals surface area (Å²) in [5.74, 6) is -0.546. The van der Waals surface area contributed by atoms with Crippen LogP contribution in [0.25, 0.3) is 0 Å². The van der Waals surface area contributed by atoms with Crippen LogP contribution in [0, 0.1) is 11.3 Å². The SMILES string of the molecule is CCOC(=O)C1=C(C)OC(N)=C(C#N)C1c1ccc(OCC)c(CO)c1. The van der Waals surface area contributed by atoms with E-state index in [4.69, 9.17) is 19.9 Å². The minimum Gasteiger partial charge on any atom is -0.494 e. The van der Waals surface area contributed by atoms with Gasteiger partial charge in [0.05, 0.1) is 31.3 Å². The smallest absolute Gasteiger partial charge is 0.338 e. The first-order valence-corrected chi connectivity index (χ1v) is 8.30. The van der Waals surface area contributed by atoms with E-state index in [9.17, 15) is 15.2 Å². The predicted octanol–water partition coefficient (Wildman–Crippen LogP) is 2.22. The van der Waals surface area contributed by atoms with Crippen molar-refractivity contribution in [2.75, 3.05) is 13.2 Å². The van der Waals surface area contributed by atoms with Gasteiger partial charge in [0.1, 0.15) is 23.2 Å². The van der Waals surface area contributed by atoms with Gasteiger partial charge in [0.25, 0.3) is 0 Å². The summed E-state index contributed by atoms with van der Waals surface area (Å²) in [6, 6.07) is 7.14. The molecule has 0 aromatic heterocycles. The van der Waals surface area contributed by atoms with Gasteiger partial charge in [-0.3, -0.25) is 0 Å². The maximum atomic E-state index is 12.5. The third kappa shape index (κ3) is 3.65. The molecule has 0 saturated carbocycles. The fraction of sp³-hybridized carbons (Fsp3) is 0.368. The molecule has 1 aliphatic heterocycles. The summed E-state index contributed by atoms with van der Waals surface area (Å²) in [5.41, 5.74) is 7.36. The third-order valence-corrected chi connectivity index (χ3v) is 3.99. The molecule has 0 fully saturated rings. The van der Waals surface area contributed by atoms with Crippen LogP contribution in [-0.2, 0) is 20.9 Å². The van der Waals surface area contributed by atoms with Crippen molar-refractivity contribution >= 4 is 5.97 Å². The number of nitriles is 1. The van der Waals surface area contributed by atoms with Gasteiger partial charge < -0.3 is 25.1 Å². The van der Waals surface area contributed by atoms with Gasteiger partial charge in [0.2, 0.25) is 5.88 Å². The van der Waals surface area contributed by atoms with Crippen molar-refractivity contribution in [1.29, 1.82) is 5.26 Å². The number of hydrogen-bond donors (Lipinski definition) is 2. The number of carbonyl (C=O) groups excluding carboxylic acids is 1. The molecule has 7 nitrogen and oxygen atoms in total. The molecule has 0 amide bonds. The highest BCUT2D eigenvalue weighted by Gasteiger charge is 2.36. The zero-order valence-corrected chi connectivity index (χ0v) is 15.0. The van der Waals surface area contributed by atoms with Crippen LogP contribution in [-0.4, -0.2) is 24.3 Å². The van der Waals surface area contributed by atoms with Gasteiger partial charge in [-0.05, 0) is 38.5 Å². The van der Waals surface area contributed by atoms with E-state index < -0.39 is 11.9 Å². The number of rotatable bonds is 6. The van der Waals surface area contributed by atoms with Gasteiger partial charge in [-0.2, -0.15) is 5.26 Å². The predicted molar refractivity (Wildman–Crippen MR) is 93.5 cm³/mol. The molecule has 1 aromatic rings. The average molecular weight is 358 g/mol. The lowest BCUT2D eigenvalue weighted by Crippen LogP contribution is -2.25. The molecule has 1 aliphatic rings. The fourth-order valence-corrected chi connectivity index (χ4v) is 2.89. The lowest BCUT2D eigenvalue weighted by molar-refractivity contribution is -0.139. The van der Waals surface area contributed by atoms with Crippen molar-refractivity contribution in [3.8, 4) is 11.8 Å². The van der Waals surface area contributed by atoms with Crippen LogP contribution < -0.4 is 10.5 Å². The molecule has 1 heterocycles. The van der Waals surface area contributed by atoms with Gasteiger partial charge in [0.15, 0.2) is 0 Å². The molecule has 138 valence electrons. The Balaban J connectivity index is 2.62. The number of aliphatic hydroxyl groups excluding tert-OH is 1. The largest absolute Gasteiger partial charge is 0.494 e. The zero-order valence-electron chi connectivity index (χ0n) is 15.0. The monoisotopic (exact) mass is 358 g/mol. The van der Waals surface area contributed by atoms with Crippen LogP contribution in [0.1, 0.15) is 37.8 Å². The summed E-state index contributed by atoms with van der Waals surface area (Å²) < 4.78 is 16.0. The second kappa shape index (κ2) is 8.41. The average Bonchev–Trinajstić information content (AvgIpc) is 2.61.